The molecular formula is C6H9NO4. The lowest BCUT2D eigenvalue weighted by Crippen LogP contribution is -2.16. The van der Waals surface area contributed by atoms with Crippen LogP contribution in [0.4, 0.5) is 0 Å². The Labute approximate surface area is 63.8 Å². The smallest absolute Gasteiger partial charge is 0.309 e. The Morgan fingerprint density at radius 3 is 2.18 bits per heavy atom. The highest BCUT2D eigenvalue weighted by Crippen LogP contribution is 1.83. The van der Waals surface area contributed by atoms with Gasteiger partial charge in [0.25, 0.3) is 0 Å². The summed E-state index contributed by atoms with van der Waals surface area (Å²) in [6.45, 7) is 2.08. The van der Waals surface area contributed by atoms with Crippen molar-refractivity contribution in [3.8, 4) is 0 Å². The lowest BCUT2D eigenvalue weighted by molar-refractivity contribution is -0.141. The fourth-order valence-electron chi connectivity index (χ4n) is 0.370. The van der Waals surface area contributed by atoms with E-state index in [1.807, 2.05) is 0 Å². The largest absolute Gasteiger partial charge is 0.456 e. The molecule has 0 bridgehead atoms. The van der Waals surface area contributed by atoms with Crippen LogP contribution >= 0.6 is 0 Å². The SMILES string of the molecule is CC(=O)OCC(=N)OC(C)=O. The minimum Gasteiger partial charge on any atom is -0.456 e. The molecule has 0 aliphatic carbocycles. The highest BCUT2D eigenvalue weighted by molar-refractivity contribution is 5.87. The van der Waals surface area contributed by atoms with Gasteiger partial charge in [-0.2, -0.15) is 0 Å². The van der Waals surface area contributed by atoms with Crippen molar-refractivity contribution < 1.29 is 19.1 Å². The molecule has 0 amide bonds. The van der Waals surface area contributed by atoms with E-state index in [2.05, 4.69) is 9.47 Å². The molecule has 5 nitrogen and oxygen atoms in total. The van der Waals surface area contributed by atoms with Crippen LogP contribution in [0, 0.1) is 5.41 Å². The van der Waals surface area contributed by atoms with Crippen LogP contribution in [0.15, 0.2) is 0 Å². The molecule has 0 fully saturated rings. The molecule has 0 saturated carbocycles. The fourth-order valence-corrected chi connectivity index (χ4v) is 0.370. The second-order valence-corrected chi connectivity index (χ2v) is 1.80. The number of carbonyl (C=O) groups excluding carboxylic acids is 2. The van der Waals surface area contributed by atoms with Crippen molar-refractivity contribution in [3.63, 3.8) is 0 Å². The number of esters is 2. The molecule has 0 unspecified atom stereocenters. The van der Waals surface area contributed by atoms with Crippen molar-refractivity contribution in [1.82, 2.24) is 0 Å². The molecule has 5 heteroatoms. The first-order valence-electron chi connectivity index (χ1n) is 2.91. The molecule has 0 heterocycles. The van der Waals surface area contributed by atoms with E-state index < -0.39 is 11.9 Å². The number of hydrogen-bond donors (Lipinski definition) is 1. The van der Waals surface area contributed by atoms with Gasteiger partial charge in [-0.25, -0.2) is 0 Å². The fraction of sp³-hybridized carbons (Fsp3) is 0.500. The molecule has 1 N–H and O–H groups in total. The molecule has 62 valence electrons. The number of hydrogen-bond acceptors (Lipinski definition) is 5. The molecule has 0 aliphatic heterocycles. The zero-order valence-electron chi connectivity index (χ0n) is 6.34. The minimum atomic E-state index is -0.595. The molecule has 11 heavy (non-hydrogen) atoms. The third-order valence-corrected chi connectivity index (χ3v) is 0.673. The number of ether oxygens (including phenoxy) is 2. The second kappa shape index (κ2) is 4.43. The third kappa shape index (κ3) is 6.50. The van der Waals surface area contributed by atoms with E-state index in [4.69, 9.17) is 5.41 Å². The Hall–Kier alpha value is -1.39. The van der Waals surface area contributed by atoms with Crippen LogP contribution in [0.3, 0.4) is 0 Å². The Morgan fingerprint density at radius 2 is 1.82 bits per heavy atom. The van der Waals surface area contributed by atoms with E-state index >= 15 is 0 Å². The molecule has 0 saturated heterocycles. The minimum absolute atomic E-state index is 0.297. The number of carbonyl (C=O) groups is 2. The Morgan fingerprint density at radius 1 is 1.27 bits per heavy atom. The van der Waals surface area contributed by atoms with Gasteiger partial charge in [0.2, 0.25) is 5.90 Å². The van der Waals surface area contributed by atoms with E-state index in [1.165, 1.54) is 13.8 Å². The monoisotopic (exact) mass is 159 g/mol. The summed E-state index contributed by atoms with van der Waals surface area (Å²) in [5.74, 6) is -1.48. The highest BCUT2D eigenvalue weighted by atomic mass is 16.6. The van der Waals surface area contributed by atoms with E-state index in [0.717, 1.165) is 0 Å². The normalized spacial score (nSPS) is 8.55. The van der Waals surface area contributed by atoms with Crippen LogP contribution in [-0.4, -0.2) is 24.4 Å². The third-order valence-electron chi connectivity index (χ3n) is 0.673. The lowest BCUT2D eigenvalue weighted by Gasteiger charge is -2.01. The predicted octanol–water partition coefficient (Wildman–Crippen LogP) is 0.0899. The molecule has 0 aromatic heterocycles. The van der Waals surface area contributed by atoms with Crippen LogP contribution in [0.2, 0.25) is 0 Å². The van der Waals surface area contributed by atoms with Gasteiger partial charge in [0.05, 0.1) is 0 Å². The zero-order valence-corrected chi connectivity index (χ0v) is 6.34. The van der Waals surface area contributed by atoms with Crippen LogP contribution < -0.4 is 0 Å². The van der Waals surface area contributed by atoms with Crippen molar-refractivity contribution in [2.24, 2.45) is 0 Å². The maximum Gasteiger partial charge on any atom is 0.309 e. The molecular weight excluding hydrogens is 150 g/mol. The summed E-state index contributed by atoms with van der Waals surface area (Å²) in [6, 6.07) is 0. The van der Waals surface area contributed by atoms with Crippen molar-refractivity contribution in [2.75, 3.05) is 6.61 Å². The molecule has 0 spiro atoms. The molecule has 0 radical (unpaired) electrons. The second-order valence-electron chi connectivity index (χ2n) is 1.80. The van der Waals surface area contributed by atoms with Gasteiger partial charge in [0.1, 0.15) is 0 Å². The molecule has 0 rings (SSSR count). The van der Waals surface area contributed by atoms with Gasteiger partial charge in [-0.1, -0.05) is 0 Å². The average Bonchev–Trinajstić information content (AvgIpc) is 1.82. The average molecular weight is 159 g/mol. The van der Waals surface area contributed by atoms with Gasteiger partial charge in [-0.05, 0) is 0 Å². The van der Waals surface area contributed by atoms with Crippen molar-refractivity contribution >= 4 is 17.8 Å². The molecule has 0 atom stereocenters. The van der Waals surface area contributed by atoms with Gasteiger partial charge in [-0.3, -0.25) is 15.0 Å². The number of nitrogens with one attached hydrogen (secondary N) is 1. The molecule has 0 aliphatic rings. The Balaban J connectivity index is 3.53. The van der Waals surface area contributed by atoms with Gasteiger partial charge in [0, 0.05) is 13.8 Å². The first kappa shape index (κ1) is 9.61. The summed E-state index contributed by atoms with van der Waals surface area (Å²) in [5.41, 5.74) is 0. The summed E-state index contributed by atoms with van der Waals surface area (Å²) in [4.78, 5) is 20.4. The standard InChI is InChI=1S/C6H9NO4/c1-4(8)10-3-6(7)11-5(2)9/h7H,3H2,1-2H3. The summed E-state index contributed by atoms with van der Waals surface area (Å²) >= 11 is 0. The zero-order chi connectivity index (χ0) is 8.85. The lowest BCUT2D eigenvalue weighted by atomic mass is 10.6. The van der Waals surface area contributed by atoms with E-state index in [9.17, 15) is 9.59 Å². The first-order chi connectivity index (χ1) is 5.02. The Bertz CT molecular complexity index is 187. The van der Waals surface area contributed by atoms with Crippen LogP contribution in [0.25, 0.3) is 0 Å². The van der Waals surface area contributed by atoms with Gasteiger partial charge in [0.15, 0.2) is 6.61 Å². The van der Waals surface area contributed by atoms with Crippen LogP contribution in [-0.2, 0) is 19.1 Å². The topological polar surface area (TPSA) is 76.5 Å². The van der Waals surface area contributed by atoms with Crippen LogP contribution in [0.5, 0.6) is 0 Å². The quantitative estimate of drug-likeness (QED) is 0.352. The van der Waals surface area contributed by atoms with E-state index in [0.29, 0.717) is 0 Å². The summed E-state index contributed by atoms with van der Waals surface area (Å²) < 4.78 is 8.63. The summed E-state index contributed by atoms with van der Waals surface area (Å²) in [7, 11) is 0. The first-order valence-corrected chi connectivity index (χ1v) is 2.91. The summed E-state index contributed by atoms with van der Waals surface area (Å²) in [6.07, 6.45) is 0. The van der Waals surface area contributed by atoms with E-state index in [-0.39, 0.29) is 12.5 Å². The van der Waals surface area contributed by atoms with Crippen molar-refractivity contribution in [3.05, 3.63) is 0 Å². The predicted molar refractivity (Wildman–Crippen MR) is 36.1 cm³/mol. The van der Waals surface area contributed by atoms with Gasteiger partial charge in [-0.15, -0.1) is 0 Å². The van der Waals surface area contributed by atoms with Gasteiger partial charge >= 0.3 is 11.9 Å². The summed E-state index contributed by atoms with van der Waals surface area (Å²) in [5, 5.41) is 6.89. The Kier molecular flexibility index (Phi) is 3.87. The number of rotatable bonds is 2. The molecule has 0 aromatic carbocycles. The van der Waals surface area contributed by atoms with Gasteiger partial charge < -0.3 is 9.47 Å². The van der Waals surface area contributed by atoms with Crippen molar-refractivity contribution in [2.45, 2.75) is 13.8 Å². The maximum absolute atomic E-state index is 10.2. The maximum atomic E-state index is 10.2. The van der Waals surface area contributed by atoms with Crippen LogP contribution in [0.1, 0.15) is 13.8 Å². The highest BCUT2D eigenvalue weighted by Gasteiger charge is 2.02. The van der Waals surface area contributed by atoms with Crippen molar-refractivity contribution in [1.29, 1.82) is 5.41 Å². The van der Waals surface area contributed by atoms with E-state index in [1.54, 1.807) is 0 Å². The molecule has 0 aromatic rings.